The van der Waals surface area contributed by atoms with Gasteiger partial charge in [-0.25, -0.2) is 4.79 Å². The van der Waals surface area contributed by atoms with Crippen molar-refractivity contribution >= 4 is 22.6 Å². The SMILES string of the molecule is COc1cccc(COc2cc3oc(=O)cc(-c4ccccc4)c3cc2Cl)c1. The fourth-order valence-corrected chi connectivity index (χ4v) is 3.27. The summed E-state index contributed by atoms with van der Waals surface area (Å²) < 4.78 is 16.5. The summed E-state index contributed by atoms with van der Waals surface area (Å²) in [6, 6.07) is 22.1. The van der Waals surface area contributed by atoms with E-state index in [0.29, 0.717) is 23.0 Å². The van der Waals surface area contributed by atoms with Crippen LogP contribution in [0.1, 0.15) is 5.56 Å². The molecule has 0 N–H and O–H groups in total. The molecule has 0 radical (unpaired) electrons. The van der Waals surface area contributed by atoms with Crippen LogP contribution in [-0.2, 0) is 6.61 Å². The van der Waals surface area contributed by atoms with Gasteiger partial charge in [-0.1, -0.05) is 54.1 Å². The Morgan fingerprint density at radius 3 is 2.57 bits per heavy atom. The van der Waals surface area contributed by atoms with Crippen molar-refractivity contribution in [1.29, 1.82) is 0 Å². The molecule has 0 saturated heterocycles. The standard InChI is InChI=1S/C23H17ClO4/c1-26-17-9-5-6-15(10-17)14-27-22-13-21-19(11-20(22)24)18(12-23(25)28-21)16-7-3-2-4-8-16/h2-13H,14H2,1H3. The van der Waals surface area contributed by atoms with Crippen LogP contribution in [0.5, 0.6) is 11.5 Å². The van der Waals surface area contributed by atoms with E-state index < -0.39 is 5.63 Å². The van der Waals surface area contributed by atoms with Crippen LogP contribution in [0.3, 0.4) is 0 Å². The molecule has 0 amide bonds. The van der Waals surface area contributed by atoms with Gasteiger partial charge in [0.25, 0.3) is 0 Å². The van der Waals surface area contributed by atoms with Gasteiger partial charge in [0.1, 0.15) is 23.7 Å². The summed E-state index contributed by atoms with van der Waals surface area (Å²) in [4.78, 5) is 12.1. The number of fused-ring (bicyclic) bond motifs is 1. The molecule has 4 nitrogen and oxygen atoms in total. The largest absolute Gasteiger partial charge is 0.497 e. The third-order valence-corrected chi connectivity index (χ3v) is 4.71. The van der Waals surface area contributed by atoms with E-state index in [1.165, 1.54) is 6.07 Å². The van der Waals surface area contributed by atoms with Crippen LogP contribution in [0, 0.1) is 0 Å². The van der Waals surface area contributed by atoms with E-state index >= 15 is 0 Å². The summed E-state index contributed by atoms with van der Waals surface area (Å²) in [5.74, 6) is 1.20. The van der Waals surface area contributed by atoms with Crippen molar-refractivity contribution in [2.75, 3.05) is 7.11 Å². The molecule has 4 aromatic rings. The maximum absolute atomic E-state index is 12.1. The van der Waals surface area contributed by atoms with Crippen molar-refractivity contribution in [2.24, 2.45) is 0 Å². The summed E-state index contributed by atoms with van der Waals surface area (Å²) >= 11 is 6.46. The number of ether oxygens (including phenoxy) is 2. The number of halogens is 1. The molecule has 0 spiro atoms. The molecule has 0 unspecified atom stereocenters. The third kappa shape index (κ3) is 3.73. The molecule has 1 heterocycles. The molecule has 4 rings (SSSR count). The highest BCUT2D eigenvalue weighted by molar-refractivity contribution is 6.33. The van der Waals surface area contributed by atoms with Crippen molar-refractivity contribution in [3.8, 4) is 22.6 Å². The Labute approximate surface area is 166 Å². The Bertz CT molecular complexity index is 1180. The second kappa shape index (κ2) is 7.79. The van der Waals surface area contributed by atoms with Crippen molar-refractivity contribution in [3.05, 3.63) is 93.8 Å². The molecule has 5 heteroatoms. The topological polar surface area (TPSA) is 48.7 Å². The highest BCUT2D eigenvalue weighted by atomic mass is 35.5. The van der Waals surface area contributed by atoms with Gasteiger partial charge in [0.05, 0.1) is 12.1 Å². The summed E-state index contributed by atoms with van der Waals surface area (Å²) in [7, 11) is 1.62. The fraction of sp³-hybridized carbons (Fsp3) is 0.0870. The van der Waals surface area contributed by atoms with E-state index in [1.807, 2.05) is 54.6 Å². The highest BCUT2D eigenvalue weighted by Gasteiger charge is 2.12. The lowest BCUT2D eigenvalue weighted by Crippen LogP contribution is -2.00. The Morgan fingerprint density at radius 2 is 1.79 bits per heavy atom. The maximum atomic E-state index is 12.1. The molecule has 0 aliphatic heterocycles. The van der Waals surface area contributed by atoms with Gasteiger partial charge in [-0.15, -0.1) is 0 Å². The minimum Gasteiger partial charge on any atom is -0.497 e. The number of methoxy groups -OCH3 is 1. The van der Waals surface area contributed by atoms with E-state index in [4.69, 9.17) is 25.5 Å². The zero-order valence-corrected chi connectivity index (χ0v) is 15.9. The van der Waals surface area contributed by atoms with Gasteiger partial charge in [-0.2, -0.15) is 0 Å². The molecule has 0 fully saturated rings. The molecule has 3 aromatic carbocycles. The Balaban J connectivity index is 1.71. The van der Waals surface area contributed by atoms with Gasteiger partial charge < -0.3 is 13.9 Å². The first-order chi connectivity index (χ1) is 13.6. The Hall–Kier alpha value is -3.24. The van der Waals surface area contributed by atoms with Gasteiger partial charge in [0.2, 0.25) is 0 Å². The Morgan fingerprint density at radius 1 is 0.964 bits per heavy atom. The van der Waals surface area contributed by atoms with Gasteiger partial charge in [0.15, 0.2) is 0 Å². The second-order valence-corrected chi connectivity index (χ2v) is 6.67. The van der Waals surface area contributed by atoms with E-state index in [9.17, 15) is 4.79 Å². The quantitative estimate of drug-likeness (QED) is 0.409. The number of hydrogen-bond donors (Lipinski definition) is 0. The number of hydrogen-bond acceptors (Lipinski definition) is 4. The molecule has 0 aliphatic carbocycles. The van der Waals surface area contributed by atoms with Crippen LogP contribution in [0.4, 0.5) is 0 Å². The molecule has 28 heavy (non-hydrogen) atoms. The van der Waals surface area contributed by atoms with Crippen molar-refractivity contribution in [2.45, 2.75) is 6.61 Å². The summed E-state index contributed by atoms with van der Waals surface area (Å²) in [5, 5.41) is 1.20. The van der Waals surface area contributed by atoms with Crippen LogP contribution < -0.4 is 15.1 Å². The summed E-state index contributed by atoms with van der Waals surface area (Å²) in [6.45, 7) is 0.311. The normalized spacial score (nSPS) is 10.8. The lowest BCUT2D eigenvalue weighted by Gasteiger charge is -2.11. The van der Waals surface area contributed by atoms with Gasteiger partial charge in [0, 0.05) is 17.5 Å². The maximum Gasteiger partial charge on any atom is 0.336 e. The molecule has 140 valence electrons. The minimum atomic E-state index is -0.424. The smallest absolute Gasteiger partial charge is 0.336 e. The monoisotopic (exact) mass is 392 g/mol. The molecule has 0 atom stereocenters. The van der Waals surface area contributed by atoms with Crippen molar-refractivity contribution < 1.29 is 13.9 Å². The molecular formula is C23H17ClO4. The predicted octanol–water partition coefficient (Wildman–Crippen LogP) is 5.70. The number of rotatable bonds is 5. The minimum absolute atomic E-state index is 0.311. The average Bonchev–Trinajstić information content (AvgIpc) is 2.73. The first-order valence-electron chi connectivity index (χ1n) is 8.72. The molecule has 1 aromatic heterocycles. The third-order valence-electron chi connectivity index (χ3n) is 4.41. The molecule has 0 bridgehead atoms. The molecular weight excluding hydrogens is 376 g/mol. The fourth-order valence-electron chi connectivity index (χ4n) is 3.05. The van der Waals surface area contributed by atoms with E-state index in [2.05, 4.69) is 0 Å². The highest BCUT2D eigenvalue weighted by Crippen LogP contribution is 2.35. The Kier molecular flexibility index (Phi) is 5.04. The summed E-state index contributed by atoms with van der Waals surface area (Å²) in [6.07, 6.45) is 0. The first kappa shape index (κ1) is 18.1. The van der Waals surface area contributed by atoms with Crippen LogP contribution in [0.25, 0.3) is 22.1 Å². The first-order valence-corrected chi connectivity index (χ1v) is 9.10. The van der Waals surface area contributed by atoms with Crippen LogP contribution in [0.2, 0.25) is 5.02 Å². The average molecular weight is 393 g/mol. The van der Waals surface area contributed by atoms with Gasteiger partial charge in [-0.3, -0.25) is 0 Å². The van der Waals surface area contributed by atoms with Crippen LogP contribution in [0.15, 0.2) is 82.0 Å². The summed E-state index contributed by atoms with van der Waals surface area (Å²) in [5.41, 5.74) is 2.63. The van der Waals surface area contributed by atoms with Crippen molar-refractivity contribution in [1.82, 2.24) is 0 Å². The lowest BCUT2D eigenvalue weighted by molar-refractivity contribution is 0.305. The van der Waals surface area contributed by atoms with E-state index in [0.717, 1.165) is 27.8 Å². The van der Waals surface area contributed by atoms with E-state index in [-0.39, 0.29) is 0 Å². The van der Waals surface area contributed by atoms with Gasteiger partial charge in [-0.05, 0) is 34.9 Å². The zero-order valence-electron chi connectivity index (χ0n) is 15.1. The number of benzene rings is 3. The van der Waals surface area contributed by atoms with Gasteiger partial charge >= 0.3 is 5.63 Å². The van der Waals surface area contributed by atoms with Crippen molar-refractivity contribution in [3.63, 3.8) is 0 Å². The van der Waals surface area contributed by atoms with Crippen LogP contribution >= 0.6 is 11.6 Å². The lowest BCUT2D eigenvalue weighted by atomic mass is 10.0. The predicted molar refractivity (Wildman–Crippen MR) is 110 cm³/mol. The second-order valence-electron chi connectivity index (χ2n) is 6.26. The molecule has 0 aliphatic rings. The van der Waals surface area contributed by atoms with E-state index in [1.54, 1.807) is 19.2 Å². The zero-order chi connectivity index (χ0) is 19.5. The van der Waals surface area contributed by atoms with Crippen LogP contribution in [-0.4, -0.2) is 7.11 Å². The molecule has 0 saturated carbocycles.